The number of hydrogen-bond donors (Lipinski definition) is 2. The lowest BCUT2D eigenvalue weighted by atomic mass is 9.97. The summed E-state index contributed by atoms with van der Waals surface area (Å²) in [5, 5.41) is 7.62. The molecule has 0 saturated carbocycles. The van der Waals surface area contributed by atoms with E-state index in [1.54, 1.807) is 0 Å². The molecule has 2 N–H and O–H groups in total. The summed E-state index contributed by atoms with van der Waals surface area (Å²) < 4.78 is 0. The van der Waals surface area contributed by atoms with Crippen LogP contribution in [0.1, 0.15) is 19.8 Å². The summed E-state index contributed by atoms with van der Waals surface area (Å²) in [5.41, 5.74) is 4.35. The highest BCUT2D eigenvalue weighted by atomic mass is 15.4. The number of nitrogens with one attached hydrogen (secondary N) is 2. The van der Waals surface area contributed by atoms with Crippen molar-refractivity contribution in [3.63, 3.8) is 0 Å². The van der Waals surface area contributed by atoms with Crippen molar-refractivity contribution >= 4 is 5.71 Å². The molecule has 0 aromatic carbocycles. The molecular weight excluding hydrogens is 126 g/mol. The first-order chi connectivity index (χ1) is 4.88. The van der Waals surface area contributed by atoms with Gasteiger partial charge >= 0.3 is 0 Å². The third-order valence-corrected chi connectivity index (χ3v) is 2.32. The molecule has 2 rings (SSSR count). The SMILES string of the molecule is CC1=NNC2CCCNC12. The Morgan fingerprint density at radius 1 is 1.60 bits per heavy atom. The molecule has 56 valence electrons. The van der Waals surface area contributed by atoms with Gasteiger partial charge in [0, 0.05) is 0 Å². The van der Waals surface area contributed by atoms with Crippen LogP contribution in [0.15, 0.2) is 5.10 Å². The molecule has 1 fully saturated rings. The Hall–Kier alpha value is -0.570. The van der Waals surface area contributed by atoms with Gasteiger partial charge < -0.3 is 10.7 Å². The summed E-state index contributed by atoms with van der Waals surface area (Å²) in [6, 6.07) is 1.10. The van der Waals surface area contributed by atoms with Gasteiger partial charge in [0.25, 0.3) is 0 Å². The highest BCUT2D eigenvalue weighted by Gasteiger charge is 2.30. The minimum absolute atomic E-state index is 0.522. The van der Waals surface area contributed by atoms with Crippen LogP contribution in [0.2, 0.25) is 0 Å². The molecule has 3 heteroatoms. The summed E-state index contributed by atoms with van der Waals surface area (Å²) in [6.07, 6.45) is 2.54. The molecule has 0 bridgehead atoms. The summed E-state index contributed by atoms with van der Waals surface area (Å²) >= 11 is 0. The van der Waals surface area contributed by atoms with Gasteiger partial charge in [-0.3, -0.25) is 0 Å². The van der Waals surface area contributed by atoms with Gasteiger partial charge in [0.05, 0.1) is 17.8 Å². The summed E-state index contributed by atoms with van der Waals surface area (Å²) in [7, 11) is 0. The maximum atomic E-state index is 4.18. The third kappa shape index (κ3) is 0.814. The van der Waals surface area contributed by atoms with Crippen molar-refractivity contribution in [1.29, 1.82) is 0 Å². The van der Waals surface area contributed by atoms with Gasteiger partial charge in [-0.15, -0.1) is 0 Å². The number of fused-ring (bicyclic) bond motifs is 1. The van der Waals surface area contributed by atoms with Crippen LogP contribution in [-0.2, 0) is 0 Å². The molecule has 2 unspecified atom stereocenters. The fraction of sp³-hybridized carbons (Fsp3) is 0.857. The van der Waals surface area contributed by atoms with Gasteiger partial charge in [-0.05, 0) is 26.3 Å². The van der Waals surface area contributed by atoms with Gasteiger partial charge in [0.15, 0.2) is 0 Å². The standard InChI is InChI=1S/C7H13N3/c1-5-7-6(10-9-5)3-2-4-8-7/h6-8,10H,2-4H2,1H3. The van der Waals surface area contributed by atoms with Crippen molar-refractivity contribution in [1.82, 2.24) is 10.7 Å². The number of rotatable bonds is 0. The Balaban J connectivity index is 2.08. The van der Waals surface area contributed by atoms with Crippen LogP contribution in [0, 0.1) is 0 Å². The van der Waals surface area contributed by atoms with Gasteiger partial charge in [-0.2, -0.15) is 5.10 Å². The topological polar surface area (TPSA) is 36.4 Å². The molecule has 2 aliphatic rings. The summed E-state index contributed by atoms with van der Waals surface area (Å²) in [5.74, 6) is 0. The van der Waals surface area contributed by atoms with Crippen LogP contribution >= 0.6 is 0 Å². The van der Waals surface area contributed by atoms with E-state index in [-0.39, 0.29) is 0 Å². The Morgan fingerprint density at radius 3 is 3.30 bits per heavy atom. The minimum atomic E-state index is 0.522. The maximum Gasteiger partial charge on any atom is 0.0691 e. The van der Waals surface area contributed by atoms with Crippen molar-refractivity contribution in [3.8, 4) is 0 Å². The Kier molecular flexibility index (Phi) is 1.38. The zero-order chi connectivity index (χ0) is 6.97. The van der Waals surface area contributed by atoms with E-state index in [9.17, 15) is 0 Å². The minimum Gasteiger partial charge on any atom is -0.307 e. The molecule has 0 spiro atoms. The van der Waals surface area contributed by atoms with Crippen molar-refractivity contribution in [2.75, 3.05) is 6.54 Å². The van der Waals surface area contributed by atoms with Crippen molar-refractivity contribution in [3.05, 3.63) is 0 Å². The highest BCUT2D eigenvalue weighted by molar-refractivity contribution is 5.89. The largest absolute Gasteiger partial charge is 0.307 e. The second-order valence-corrected chi connectivity index (χ2v) is 3.06. The highest BCUT2D eigenvalue weighted by Crippen LogP contribution is 2.14. The average Bonchev–Trinajstić information content (AvgIpc) is 2.34. The quantitative estimate of drug-likeness (QED) is 0.499. The smallest absolute Gasteiger partial charge is 0.0691 e. The van der Waals surface area contributed by atoms with E-state index >= 15 is 0 Å². The summed E-state index contributed by atoms with van der Waals surface area (Å²) in [6.45, 7) is 3.23. The Bertz CT molecular complexity index is 164. The second kappa shape index (κ2) is 2.23. The molecule has 0 amide bonds. The summed E-state index contributed by atoms with van der Waals surface area (Å²) in [4.78, 5) is 0. The van der Waals surface area contributed by atoms with Crippen molar-refractivity contribution in [2.24, 2.45) is 5.10 Å². The first-order valence-corrected chi connectivity index (χ1v) is 3.91. The van der Waals surface area contributed by atoms with Crippen LogP contribution in [0.25, 0.3) is 0 Å². The first kappa shape index (κ1) is 6.16. The number of hydrazone groups is 1. The number of piperidine rings is 1. The molecule has 2 heterocycles. The third-order valence-electron chi connectivity index (χ3n) is 2.32. The first-order valence-electron chi connectivity index (χ1n) is 3.91. The predicted octanol–water partition coefficient (Wildman–Crippen LogP) is 0.0861. The fourth-order valence-corrected chi connectivity index (χ4v) is 1.72. The van der Waals surface area contributed by atoms with E-state index in [1.165, 1.54) is 18.6 Å². The number of hydrogen-bond acceptors (Lipinski definition) is 3. The van der Waals surface area contributed by atoms with Gasteiger partial charge in [-0.25, -0.2) is 0 Å². The molecule has 10 heavy (non-hydrogen) atoms. The Labute approximate surface area is 60.9 Å². The average molecular weight is 139 g/mol. The fourth-order valence-electron chi connectivity index (χ4n) is 1.72. The van der Waals surface area contributed by atoms with Gasteiger partial charge in [0.2, 0.25) is 0 Å². The molecular formula is C7H13N3. The maximum absolute atomic E-state index is 4.18. The molecule has 0 radical (unpaired) electrons. The van der Waals surface area contributed by atoms with E-state index in [0.717, 1.165) is 6.54 Å². The zero-order valence-electron chi connectivity index (χ0n) is 6.22. The van der Waals surface area contributed by atoms with E-state index in [0.29, 0.717) is 12.1 Å². The monoisotopic (exact) mass is 139 g/mol. The number of nitrogens with zero attached hydrogens (tertiary/aromatic N) is 1. The van der Waals surface area contributed by atoms with Crippen LogP contribution in [0.3, 0.4) is 0 Å². The van der Waals surface area contributed by atoms with Crippen LogP contribution in [0.4, 0.5) is 0 Å². The molecule has 0 aliphatic carbocycles. The lowest BCUT2D eigenvalue weighted by molar-refractivity contribution is 0.383. The second-order valence-electron chi connectivity index (χ2n) is 3.06. The van der Waals surface area contributed by atoms with E-state index < -0.39 is 0 Å². The molecule has 0 aromatic heterocycles. The van der Waals surface area contributed by atoms with E-state index in [1.807, 2.05) is 0 Å². The molecule has 0 aromatic rings. The van der Waals surface area contributed by atoms with Crippen molar-refractivity contribution < 1.29 is 0 Å². The van der Waals surface area contributed by atoms with E-state index in [2.05, 4.69) is 22.8 Å². The van der Waals surface area contributed by atoms with Crippen LogP contribution < -0.4 is 10.7 Å². The van der Waals surface area contributed by atoms with Crippen molar-refractivity contribution in [2.45, 2.75) is 31.8 Å². The lowest BCUT2D eigenvalue weighted by Gasteiger charge is -2.25. The molecule has 2 atom stereocenters. The van der Waals surface area contributed by atoms with Crippen LogP contribution in [-0.4, -0.2) is 24.3 Å². The lowest BCUT2D eigenvalue weighted by Crippen LogP contribution is -2.49. The molecule has 1 saturated heterocycles. The normalized spacial score (nSPS) is 38.3. The van der Waals surface area contributed by atoms with Crippen LogP contribution in [0.5, 0.6) is 0 Å². The predicted molar refractivity (Wildman–Crippen MR) is 41.1 cm³/mol. The molecule has 3 nitrogen and oxygen atoms in total. The zero-order valence-corrected chi connectivity index (χ0v) is 6.22. The van der Waals surface area contributed by atoms with E-state index in [4.69, 9.17) is 0 Å². The van der Waals surface area contributed by atoms with Gasteiger partial charge in [-0.1, -0.05) is 0 Å². The molecule has 2 aliphatic heterocycles. The van der Waals surface area contributed by atoms with Gasteiger partial charge in [0.1, 0.15) is 0 Å². The Morgan fingerprint density at radius 2 is 2.50 bits per heavy atom.